The van der Waals surface area contributed by atoms with Crippen LogP contribution in [-0.4, -0.2) is 29.1 Å². The van der Waals surface area contributed by atoms with Crippen LogP contribution in [0.15, 0.2) is 24.3 Å². The van der Waals surface area contributed by atoms with Crippen molar-refractivity contribution in [2.75, 3.05) is 11.9 Å². The first-order valence-corrected chi connectivity index (χ1v) is 6.29. The predicted octanol–water partition coefficient (Wildman–Crippen LogP) is 1.29. The lowest BCUT2D eigenvalue weighted by molar-refractivity contribution is -0.137. The largest absolute Gasteiger partial charge is 0.388 e. The molecule has 1 aromatic carbocycles. The van der Waals surface area contributed by atoms with E-state index < -0.39 is 23.2 Å². The second-order valence-corrected chi connectivity index (χ2v) is 5.16. The first kappa shape index (κ1) is 16.1. The highest BCUT2D eigenvalue weighted by molar-refractivity contribution is 6.39. The molecule has 0 bridgehead atoms. The zero-order chi connectivity index (χ0) is 15.3. The molecule has 1 unspecified atom stereocenters. The quantitative estimate of drug-likeness (QED) is 0.728. The smallest absolute Gasteiger partial charge is 0.313 e. The first-order chi connectivity index (χ1) is 9.22. The third-order valence-corrected chi connectivity index (χ3v) is 3.16. The number of hydrogen-bond donors (Lipinski definition) is 3. The van der Waals surface area contributed by atoms with Gasteiger partial charge >= 0.3 is 11.8 Å². The lowest BCUT2D eigenvalue weighted by atomic mass is 9.92. The van der Waals surface area contributed by atoms with Crippen molar-refractivity contribution in [3.05, 3.63) is 30.1 Å². The summed E-state index contributed by atoms with van der Waals surface area (Å²) in [6.07, 6.45) is 0. The summed E-state index contributed by atoms with van der Waals surface area (Å²) >= 11 is 0. The van der Waals surface area contributed by atoms with E-state index in [4.69, 9.17) is 0 Å². The van der Waals surface area contributed by atoms with Crippen LogP contribution in [-0.2, 0) is 9.59 Å². The van der Waals surface area contributed by atoms with Crippen LogP contribution in [0.2, 0.25) is 0 Å². The van der Waals surface area contributed by atoms with E-state index in [1.807, 2.05) is 13.8 Å². The van der Waals surface area contributed by atoms with E-state index in [1.165, 1.54) is 24.3 Å². The second kappa shape index (κ2) is 6.47. The average molecular weight is 282 g/mol. The number of rotatable bonds is 4. The normalized spacial score (nSPS) is 13.7. The molecule has 20 heavy (non-hydrogen) atoms. The number of carbonyl (C=O) groups is 2. The van der Waals surface area contributed by atoms with Crippen molar-refractivity contribution in [1.82, 2.24) is 5.32 Å². The van der Waals surface area contributed by atoms with E-state index >= 15 is 0 Å². The molecule has 0 aliphatic rings. The third kappa shape index (κ3) is 4.62. The molecule has 0 saturated carbocycles. The van der Waals surface area contributed by atoms with Crippen LogP contribution in [0, 0.1) is 11.7 Å². The number of hydrogen-bond acceptors (Lipinski definition) is 3. The van der Waals surface area contributed by atoms with E-state index in [0.29, 0.717) is 5.69 Å². The van der Waals surface area contributed by atoms with Crippen LogP contribution < -0.4 is 10.6 Å². The summed E-state index contributed by atoms with van der Waals surface area (Å²) in [6.45, 7) is 5.17. The molecule has 0 saturated heterocycles. The fraction of sp³-hybridized carbons (Fsp3) is 0.429. The molecular formula is C14H19FN2O3. The van der Waals surface area contributed by atoms with Crippen molar-refractivity contribution in [2.45, 2.75) is 26.4 Å². The highest BCUT2D eigenvalue weighted by atomic mass is 19.1. The highest BCUT2D eigenvalue weighted by Crippen LogP contribution is 2.14. The number of anilines is 1. The van der Waals surface area contributed by atoms with Gasteiger partial charge in [0.25, 0.3) is 0 Å². The summed E-state index contributed by atoms with van der Waals surface area (Å²) in [7, 11) is 0. The van der Waals surface area contributed by atoms with Crippen LogP contribution in [0.5, 0.6) is 0 Å². The van der Waals surface area contributed by atoms with Crippen LogP contribution in [0.3, 0.4) is 0 Å². The molecule has 2 amide bonds. The number of carbonyl (C=O) groups excluding carboxylic acids is 2. The van der Waals surface area contributed by atoms with Gasteiger partial charge in [-0.1, -0.05) is 13.8 Å². The van der Waals surface area contributed by atoms with E-state index in [2.05, 4.69) is 10.6 Å². The molecule has 3 N–H and O–H groups in total. The Labute approximate surface area is 117 Å². The SMILES string of the molecule is CC(C)C(C)(O)CNC(=O)C(=O)Nc1ccc(F)cc1. The van der Waals surface area contributed by atoms with Crippen molar-refractivity contribution < 1.29 is 19.1 Å². The zero-order valence-corrected chi connectivity index (χ0v) is 11.7. The van der Waals surface area contributed by atoms with Gasteiger partial charge < -0.3 is 15.7 Å². The molecule has 5 nitrogen and oxygen atoms in total. The molecular weight excluding hydrogens is 263 g/mol. The molecule has 110 valence electrons. The van der Waals surface area contributed by atoms with Gasteiger partial charge in [-0.2, -0.15) is 0 Å². The summed E-state index contributed by atoms with van der Waals surface area (Å²) in [6, 6.07) is 5.06. The molecule has 0 aliphatic carbocycles. The lowest BCUT2D eigenvalue weighted by Crippen LogP contribution is -2.47. The summed E-state index contributed by atoms with van der Waals surface area (Å²) in [5.41, 5.74) is -0.770. The van der Waals surface area contributed by atoms with E-state index in [-0.39, 0.29) is 12.5 Å². The van der Waals surface area contributed by atoms with Gasteiger partial charge in [0.15, 0.2) is 0 Å². The van der Waals surface area contributed by atoms with Crippen molar-refractivity contribution in [3.63, 3.8) is 0 Å². The number of benzene rings is 1. The molecule has 1 atom stereocenters. The molecule has 1 aromatic rings. The van der Waals surface area contributed by atoms with Gasteiger partial charge in [-0.25, -0.2) is 4.39 Å². The van der Waals surface area contributed by atoms with Gasteiger partial charge in [0.05, 0.1) is 5.60 Å². The van der Waals surface area contributed by atoms with Gasteiger partial charge in [0.2, 0.25) is 0 Å². The Balaban J connectivity index is 2.52. The number of nitrogens with one attached hydrogen (secondary N) is 2. The minimum atomic E-state index is -1.09. The van der Waals surface area contributed by atoms with Crippen molar-refractivity contribution in [3.8, 4) is 0 Å². The number of amides is 2. The van der Waals surface area contributed by atoms with Crippen LogP contribution in [0.25, 0.3) is 0 Å². The molecule has 0 fully saturated rings. The maximum absolute atomic E-state index is 12.7. The minimum Gasteiger partial charge on any atom is -0.388 e. The van der Waals surface area contributed by atoms with Gasteiger partial charge in [-0.15, -0.1) is 0 Å². The first-order valence-electron chi connectivity index (χ1n) is 6.29. The lowest BCUT2D eigenvalue weighted by Gasteiger charge is -2.27. The molecule has 0 aliphatic heterocycles. The summed E-state index contributed by atoms with van der Waals surface area (Å²) in [4.78, 5) is 23.2. The summed E-state index contributed by atoms with van der Waals surface area (Å²) in [5, 5.41) is 14.7. The molecule has 6 heteroatoms. The Morgan fingerprint density at radius 2 is 1.80 bits per heavy atom. The van der Waals surface area contributed by atoms with E-state index in [0.717, 1.165) is 0 Å². The molecule has 0 heterocycles. The fourth-order valence-corrected chi connectivity index (χ4v) is 1.26. The third-order valence-electron chi connectivity index (χ3n) is 3.16. The maximum Gasteiger partial charge on any atom is 0.313 e. The topological polar surface area (TPSA) is 78.4 Å². The van der Waals surface area contributed by atoms with E-state index in [9.17, 15) is 19.1 Å². The summed E-state index contributed by atoms with van der Waals surface area (Å²) in [5.74, 6) is -2.21. The highest BCUT2D eigenvalue weighted by Gasteiger charge is 2.26. The second-order valence-electron chi connectivity index (χ2n) is 5.16. The Bertz CT molecular complexity index is 484. The molecule has 1 rings (SSSR count). The van der Waals surface area contributed by atoms with Crippen molar-refractivity contribution in [2.24, 2.45) is 5.92 Å². The molecule has 0 spiro atoms. The Morgan fingerprint density at radius 1 is 1.25 bits per heavy atom. The monoisotopic (exact) mass is 282 g/mol. The van der Waals surface area contributed by atoms with Gasteiger partial charge in [-0.05, 0) is 37.1 Å². The van der Waals surface area contributed by atoms with Gasteiger partial charge in [0, 0.05) is 12.2 Å². The van der Waals surface area contributed by atoms with Gasteiger partial charge in [-0.3, -0.25) is 9.59 Å². The predicted molar refractivity (Wildman–Crippen MR) is 73.5 cm³/mol. The fourth-order valence-electron chi connectivity index (χ4n) is 1.26. The van der Waals surface area contributed by atoms with Gasteiger partial charge in [0.1, 0.15) is 5.82 Å². The average Bonchev–Trinajstić information content (AvgIpc) is 2.38. The van der Waals surface area contributed by atoms with E-state index in [1.54, 1.807) is 6.92 Å². The summed E-state index contributed by atoms with van der Waals surface area (Å²) < 4.78 is 12.7. The zero-order valence-electron chi connectivity index (χ0n) is 11.7. The molecule has 0 aromatic heterocycles. The number of halogens is 1. The standard InChI is InChI=1S/C14H19FN2O3/c1-9(2)14(3,20)8-16-12(18)13(19)17-11-6-4-10(15)5-7-11/h4-7,9,20H,8H2,1-3H3,(H,16,18)(H,17,19). The van der Waals surface area contributed by atoms with Crippen molar-refractivity contribution >= 4 is 17.5 Å². The molecule has 0 radical (unpaired) electrons. The van der Waals surface area contributed by atoms with Crippen LogP contribution >= 0.6 is 0 Å². The number of aliphatic hydroxyl groups is 1. The Kier molecular flexibility index (Phi) is 5.21. The maximum atomic E-state index is 12.7. The van der Waals surface area contributed by atoms with Crippen LogP contribution in [0.1, 0.15) is 20.8 Å². The minimum absolute atomic E-state index is 0.0274. The van der Waals surface area contributed by atoms with Crippen molar-refractivity contribution in [1.29, 1.82) is 0 Å². The Hall–Kier alpha value is -1.95. The van der Waals surface area contributed by atoms with Crippen LogP contribution in [0.4, 0.5) is 10.1 Å². The Morgan fingerprint density at radius 3 is 2.30 bits per heavy atom.